The molecule has 4 nitrogen and oxygen atoms in total. The van der Waals surface area contributed by atoms with Crippen molar-refractivity contribution in [1.82, 2.24) is 9.78 Å². The fraction of sp³-hybridized carbons (Fsp3) is 0.312. The van der Waals surface area contributed by atoms with Crippen LogP contribution in [-0.4, -0.2) is 30.1 Å². The van der Waals surface area contributed by atoms with Gasteiger partial charge in [-0.1, -0.05) is 17.2 Å². The summed E-state index contributed by atoms with van der Waals surface area (Å²) in [4.78, 5) is 0. The third-order valence-electron chi connectivity index (χ3n) is 2.85. The van der Waals surface area contributed by atoms with E-state index in [1.165, 1.54) is 5.57 Å². The molecule has 1 heterocycles. The number of nitrogens with zero attached hydrogens (tertiary/aromatic N) is 2. The van der Waals surface area contributed by atoms with E-state index in [1.807, 2.05) is 42.8 Å². The summed E-state index contributed by atoms with van der Waals surface area (Å²) in [6.45, 7) is 5.08. The minimum absolute atomic E-state index is 0.464. The zero-order chi connectivity index (χ0) is 16.1. The van der Waals surface area contributed by atoms with E-state index in [-0.39, 0.29) is 0 Å². The van der Waals surface area contributed by atoms with E-state index in [4.69, 9.17) is 21.1 Å². The van der Waals surface area contributed by atoms with Crippen LogP contribution in [0.5, 0.6) is 5.75 Å². The number of allylic oxidation sites excluding steroid dienone is 1. The molecule has 1 aromatic heterocycles. The van der Waals surface area contributed by atoms with E-state index >= 15 is 0 Å². The van der Waals surface area contributed by atoms with Gasteiger partial charge >= 0.3 is 0 Å². The van der Waals surface area contributed by atoms with Gasteiger partial charge in [-0.15, -0.1) is 0 Å². The highest BCUT2D eigenvalue weighted by molar-refractivity contribution is 9.10. The monoisotopic (exact) mass is 384 g/mol. The minimum Gasteiger partial charge on any atom is -0.490 e. The summed E-state index contributed by atoms with van der Waals surface area (Å²) in [5, 5.41) is 4.99. The van der Waals surface area contributed by atoms with Crippen LogP contribution in [0.25, 0.3) is 11.8 Å². The van der Waals surface area contributed by atoms with Crippen LogP contribution in [0.2, 0.25) is 5.02 Å². The summed E-state index contributed by atoms with van der Waals surface area (Å²) in [6.07, 6.45) is 2.06. The van der Waals surface area contributed by atoms with Crippen molar-refractivity contribution >= 4 is 33.6 Å². The molecule has 0 aliphatic heterocycles. The lowest BCUT2D eigenvalue weighted by atomic mass is 10.2. The number of aromatic nitrogens is 2. The van der Waals surface area contributed by atoms with Crippen molar-refractivity contribution in [1.29, 1.82) is 0 Å². The molecular weight excluding hydrogens is 368 g/mol. The Balaban J connectivity index is 2.30. The molecule has 0 saturated carbocycles. The molecule has 0 N–H and O–H groups in total. The fourth-order valence-corrected chi connectivity index (χ4v) is 2.57. The van der Waals surface area contributed by atoms with Crippen molar-refractivity contribution in [2.45, 2.75) is 13.8 Å². The number of rotatable bonds is 6. The molecule has 0 bridgehead atoms. The van der Waals surface area contributed by atoms with Crippen molar-refractivity contribution in [3.63, 3.8) is 0 Å². The second-order valence-electron chi connectivity index (χ2n) is 4.98. The first-order valence-electron chi connectivity index (χ1n) is 6.83. The Hall–Kier alpha value is -1.30. The summed E-state index contributed by atoms with van der Waals surface area (Å²) in [5.41, 5.74) is 3.05. The van der Waals surface area contributed by atoms with Crippen LogP contribution in [0.15, 0.2) is 34.4 Å². The van der Waals surface area contributed by atoms with Gasteiger partial charge in [-0.3, -0.25) is 0 Å². The van der Waals surface area contributed by atoms with Gasteiger partial charge in [0.05, 0.1) is 23.0 Å². The van der Waals surface area contributed by atoms with Crippen molar-refractivity contribution < 1.29 is 9.47 Å². The zero-order valence-electron chi connectivity index (χ0n) is 12.8. The van der Waals surface area contributed by atoms with E-state index in [9.17, 15) is 0 Å². The molecule has 0 fully saturated rings. The molecule has 0 amide bonds. The van der Waals surface area contributed by atoms with E-state index < -0.39 is 0 Å². The van der Waals surface area contributed by atoms with Crippen molar-refractivity contribution in [2.75, 3.05) is 20.3 Å². The Morgan fingerprint density at radius 1 is 1.32 bits per heavy atom. The Labute approximate surface area is 143 Å². The van der Waals surface area contributed by atoms with Gasteiger partial charge in [-0.2, -0.15) is 5.10 Å². The summed E-state index contributed by atoms with van der Waals surface area (Å²) in [7, 11) is 1.63. The largest absolute Gasteiger partial charge is 0.490 e. The molecule has 0 radical (unpaired) electrons. The molecule has 2 rings (SSSR count). The molecule has 0 aliphatic rings. The van der Waals surface area contributed by atoms with E-state index in [0.717, 1.165) is 16.0 Å². The van der Waals surface area contributed by atoms with E-state index in [0.29, 0.717) is 24.0 Å². The number of benzene rings is 1. The van der Waals surface area contributed by atoms with Gasteiger partial charge in [-0.05, 0) is 60.1 Å². The summed E-state index contributed by atoms with van der Waals surface area (Å²) in [5.74, 6) is 0.637. The molecule has 118 valence electrons. The van der Waals surface area contributed by atoms with Gasteiger partial charge in [0.15, 0.2) is 0 Å². The number of methoxy groups -OCH3 is 1. The second kappa shape index (κ2) is 7.81. The predicted molar refractivity (Wildman–Crippen MR) is 93.0 cm³/mol. The first-order valence-corrected chi connectivity index (χ1v) is 8.00. The molecule has 0 saturated heterocycles. The third-order valence-corrected chi connectivity index (χ3v) is 3.53. The lowest BCUT2D eigenvalue weighted by molar-refractivity contribution is 0.146. The standard InChI is InChI=1S/C16H18BrClN2O2/c1-11(2)8-13-10-16(17)19-20(13)12-4-5-15(14(18)9-12)22-7-6-21-3/h4-5,8-10H,6-7H2,1-3H3. The van der Waals surface area contributed by atoms with Gasteiger partial charge in [0, 0.05) is 7.11 Å². The molecule has 1 aromatic carbocycles. The molecule has 2 aromatic rings. The molecule has 22 heavy (non-hydrogen) atoms. The number of hydrogen-bond acceptors (Lipinski definition) is 3. The maximum absolute atomic E-state index is 6.29. The molecule has 0 aliphatic carbocycles. The van der Waals surface area contributed by atoms with Gasteiger partial charge in [0.25, 0.3) is 0 Å². The highest BCUT2D eigenvalue weighted by atomic mass is 79.9. The molecule has 0 spiro atoms. The Morgan fingerprint density at radius 2 is 2.09 bits per heavy atom. The second-order valence-corrected chi connectivity index (χ2v) is 6.20. The highest BCUT2D eigenvalue weighted by Crippen LogP contribution is 2.28. The first kappa shape index (κ1) is 17.1. The van der Waals surface area contributed by atoms with E-state index in [1.54, 1.807) is 7.11 Å². The topological polar surface area (TPSA) is 36.3 Å². The van der Waals surface area contributed by atoms with Crippen LogP contribution in [0.1, 0.15) is 19.5 Å². The molecule has 0 unspecified atom stereocenters. The molecule has 0 atom stereocenters. The normalized spacial score (nSPS) is 10.6. The van der Waals surface area contributed by atoms with E-state index in [2.05, 4.69) is 27.1 Å². The summed E-state index contributed by atoms with van der Waals surface area (Å²) in [6, 6.07) is 7.57. The summed E-state index contributed by atoms with van der Waals surface area (Å²) >= 11 is 9.70. The highest BCUT2D eigenvalue weighted by Gasteiger charge is 2.09. The summed E-state index contributed by atoms with van der Waals surface area (Å²) < 4.78 is 13.1. The Morgan fingerprint density at radius 3 is 2.73 bits per heavy atom. The van der Waals surface area contributed by atoms with Crippen LogP contribution < -0.4 is 4.74 Å². The smallest absolute Gasteiger partial charge is 0.138 e. The number of halogens is 2. The SMILES string of the molecule is COCCOc1ccc(-n2nc(Br)cc2C=C(C)C)cc1Cl. The van der Waals surface area contributed by atoms with Gasteiger partial charge in [0.2, 0.25) is 0 Å². The Kier molecular flexibility index (Phi) is 6.06. The van der Waals surface area contributed by atoms with Gasteiger partial charge in [-0.25, -0.2) is 4.68 Å². The molecule has 6 heteroatoms. The maximum atomic E-state index is 6.29. The van der Waals surface area contributed by atoms with Gasteiger partial charge < -0.3 is 9.47 Å². The first-order chi connectivity index (χ1) is 10.5. The quantitative estimate of drug-likeness (QED) is 0.674. The maximum Gasteiger partial charge on any atom is 0.138 e. The zero-order valence-corrected chi connectivity index (χ0v) is 15.1. The number of ether oxygens (including phenoxy) is 2. The number of hydrogen-bond donors (Lipinski definition) is 0. The van der Waals surface area contributed by atoms with Crippen LogP contribution in [-0.2, 0) is 4.74 Å². The van der Waals surface area contributed by atoms with Crippen molar-refractivity contribution in [3.05, 3.63) is 45.2 Å². The lowest BCUT2D eigenvalue weighted by Crippen LogP contribution is -2.05. The average molecular weight is 386 g/mol. The third kappa shape index (κ3) is 4.35. The van der Waals surface area contributed by atoms with Crippen molar-refractivity contribution in [2.24, 2.45) is 0 Å². The van der Waals surface area contributed by atoms with Crippen LogP contribution >= 0.6 is 27.5 Å². The van der Waals surface area contributed by atoms with Crippen molar-refractivity contribution in [3.8, 4) is 11.4 Å². The van der Waals surface area contributed by atoms with Crippen LogP contribution in [0, 0.1) is 0 Å². The lowest BCUT2D eigenvalue weighted by Gasteiger charge is -2.10. The van der Waals surface area contributed by atoms with Gasteiger partial charge in [0.1, 0.15) is 17.0 Å². The predicted octanol–water partition coefficient (Wildman–Crippen LogP) is 4.74. The fourth-order valence-electron chi connectivity index (χ4n) is 1.94. The molecular formula is C16H18BrClN2O2. The average Bonchev–Trinajstić information content (AvgIpc) is 2.80. The Bertz CT molecular complexity index is 679. The minimum atomic E-state index is 0.464. The van der Waals surface area contributed by atoms with Crippen LogP contribution in [0.3, 0.4) is 0 Å². The van der Waals surface area contributed by atoms with Crippen LogP contribution in [0.4, 0.5) is 0 Å².